The molecule has 26 heavy (non-hydrogen) atoms. The molecule has 0 saturated carbocycles. The van der Waals surface area contributed by atoms with Gasteiger partial charge < -0.3 is 4.74 Å². The van der Waals surface area contributed by atoms with Gasteiger partial charge in [0.05, 0.1) is 17.6 Å². The van der Waals surface area contributed by atoms with Gasteiger partial charge in [-0.2, -0.15) is 0 Å². The lowest BCUT2D eigenvalue weighted by atomic mass is 10.2. The van der Waals surface area contributed by atoms with Gasteiger partial charge in [-0.05, 0) is 17.7 Å². The Balaban J connectivity index is 1.58. The van der Waals surface area contributed by atoms with Crippen LogP contribution in [0.15, 0.2) is 53.4 Å². The fourth-order valence-corrected chi connectivity index (χ4v) is 3.97. The summed E-state index contributed by atoms with van der Waals surface area (Å²) >= 11 is 0. The van der Waals surface area contributed by atoms with E-state index in [1.165, 1.54) is 5.56 Å². The molecule has 1 aliphatic rings. The zero-order chi connectivity index (χ0) is 18.6. The molecule has 1 aliphatic heterocycles. The number of halogens is 2. The Bertz CT molecular complexity index is 827. The quantitative estimate of drug-likeness (QED) is 0.832. The summed E-state index contributed by atoms with van der Waals surface area (Å²) in [4.78, 5) is 1.74. The largest absolute Gasteiger partial charge is 0.374 e. The number of rotatable bonds is 6. The summed E-state index contributed by atoms with van der Waals surface area (Å²) in [6, 6.07) is 12.2. The third-order valence-corrected chi connectivity index (χ3v) is 5.52. The molecule has 0 aliphatic carbocycles. The first kappa shape index (κ1) is 18.9. The van der Waals surface area contributed by atoms with Crippen LogP contribution in [0.25, 0.3) is 0 Å². The van der Waals surface area contributed by atoms with Crippen LogP contribution in [-0.4, -0.2) is 45.7 Å². The van der Waals surface area contributed by atoms with E-state index in [-0.39, 0.29) is 12.6 Å². The molecule has 8 heteroatoms. The van der Waals surface area contributed by atoms with Gasteiger partial charge in [-0.25, -0.2) is 21.9 Å². The maximum Gasteiger partial charge on any atom is 0.240 e. The summed E-state index contributed by atoms with van der Waals surface area (Å²) in [6.45, 7) is 2.60. The first-order valence-corrected chi connectivity index (χ1v) is 9.74. The van der Waals surface area contributed by atoms with E-state index in [0.29, 0.717) is 19.2 Å². The Labute approximate surface area is 151 Å². The van der Waals surface area contributed by atoms with Crippen molar-refractivity contribution in [2.24, 2.45) is 0 Å². The third kappa shape index (κ3) is 5.07. The minimum atomic E-state index is -4.01. The fourth-order valence-electron chi connectivity index (χ4n) is 2.86. The summed E-state index contributed by atoms with van der Waals surface area (Å²) in [5, 5.41) is 0. The number of sulfonamides is 1. The maximum atomic E-state index is 13.2. The van der Waals surface area contributed by atoms with Gasteiger partial charge in [-0.1, -0.05) is 30.3 Å². The van der Waals surface area contributed by atoms with Crippen LogP contribution in [0.4, 0.5) is 8.78 Å². The molecular weight excluding hydrogens is 362 g/mol. The minimum Gasteiger partial charge on any atom is -0.374 e. The van der Waals surface area contributed by atoms with Crippen LogP contribution in [0, 0.1) is 11.6 Å². The summed E-state index contributed by atoms with van der Waals surface area (Å²) in [5.74, 6) is -1.87. The van der Waals surface area contributed by atoms with Crippen molar-refractivity contribution in [2.75, 3.05) is 26.2 Å². The smallest absolute Gasteiger partial charge is 0.240 e. The van der Waals surface area contributed by atoms with Crippen LogP contribution in [-0.2, 0) is 21.3 Å². The van der Waals surface area contributed by atoms with Gasteiger partial charge >= 0.3 is 0 Å². The first-order chi connectivity index (χ1) is 12.4. The molecule has 1 unspecified atom stereocenters. The Kier molecular flexibility index (Phi) is 5.98. The predicted octanol–water partition coefficient (Wildman–Crippen LogP) is 2.14. The van der Waals surface area contributed by atoms with Gasteiger partial charge in [-0.3, -0.25) is 4.90 Å². The highest BCUT2D eigenvalue weighted by Crippen LogP contribution is 2.15. The zero-order valence-electron chi connectivity index (χ0n) is 14.1. The Morgan fingerprint density at radius 1 is 1.12 bits per heavy atom. The Morgan fingerprint density at radius 2 is 1.81 bits per heavy atom. The Morgan fingerprint density at radius 3 is 2.50 bits per heavy atom. The van der Waals surface area contributed by atoms with E-state index in [1.54, 1.807) is 0 Å². The van der Waals surface area contributed by atoms with Crippen LogP contribution in [0.1, 0.15) is 5.56 Å². The third-order valence-electron chi connectivity index (χ3n) is 4.12. The van der Waals surface area contributed by atoms with Crippen molar-refractivity contribution in [3.63, 3.8) is 0 Å². The molecule has 0 amide bonds. The highest BCUT2D eigenvalue weighted by molar-refractivity contribution is 7.89. The monoisotopic (exact) mass is 382 g/mol. The molecule has 3 rings (SSSR count). The second kappa shape index (κ2) is 8.22. The van der Waals surface area contributed by atoms with Crippen molar-refractivity contribution in [3.8, 4) is 0 Å². The molecule has 0 aromatic heterocycles. The van der Waals surface area contributed by atoms with E-state index in [2.05, 4.69) is 9.62 Å². The van der Waals surface area contributed by atoms with E-state index in [0.717, 1.165) is 25.2 Å². The summed E-state index contributed by atoms with van der Waals surface area (Å²) in [5.41, 5.74) is 1.17. The van der Waals surface area contributed by atoms with Gasteiger partial charge in [0.2, 0.25) is 10.0 Å². The van der Waals surface area contributed by atoms with Crippen molar-refractivity contribution < 1.29 is 21.9 Å². The van der Waals surface area contributed by atoms with E-state index < -0.39 is 26.6 Å². The van der Waals surface area contributed by atoms with Crippen molar-refractivity contribution in [2.45, 2.75) is 17.5 Å². The molecule has 1 atom stereocenters. The van der Waals surface area contributed by atoms with Gasteiger partial charge in [0.15, 0.2) is 0 Å². The number of ether oxygens (including phenoxy) is 1. The fraction of sp³-hybridized carbons (Fsp3) is 0.333. The average Bonchev–Trinajstić information content (AvgIpc) is 2.60. The molecule has 0 radical (unpaired) electrons. The van der Waals surface area contributed by atoms with E-state index in [4.69, 9.17) is 4.74 Å². The van der Waals surface area contributed by atoms with Gasteiger partial charge in [0.25, 0.3) is 0 Å². The number of hydrogen-bond acceptors (Lipinski definition) is 4. The molecule has 140 valence electrons. The highest BCUT2D eigenvalue weighted by Gasteiger charge is 2.23. The van der Waals surface area contributed by atoms with Crippen LogP contribution >= 0.6 is 0 Å². The molecule has 1 heterocycles. The SMILES string of the molecule is O=S(=O)(NCC1CN(Cc2ccccc2)CCO1)c1cc(F)cc(F)c1. The Hall–Kier alpha value is -1.87. The number of benzene rings is 2. The topological polar surface area (TPSA) is 58.6 Å². The number of nitrogens with one attached hydrogen (secondary N) is 1. The lowest BCUT2D eigenvalue weighted by molar-refractivity contribution is -0.0276. The molecule has 2 aromatic rings. The summed E-state index contributed by atoms with van der Waals surface area (Å²) in [7, 11) is -4.01. The van der Waals surface area contributed by atoms with E-state index >= 15 is 0 Å². The molecule has 0 spiro atoms. The van der Waals surface area contributed by atoms with Crippen molar-refractivity contribution >= 4 is 10.0 Å². The van der Waals surface area contributed by atoms with E-state index in [1.807, 2.05) is 30.3 Å². The van der Waals surface area contributed by atoms with Crippen molar-refractivity contribution in [1.29, 1.82) is 0 Å². The molecule has 1 saturated heterocycles. The van der Waals surface area contributed by atoms with Crippen LogP contribution in [0.5, 0.6) is 0 Å². The first-order valence-electron chi connectivity index (χ1n) is 8.26. The van der Waals surface area contributed by atoms with Gasteiger partial charge in [0, 0.05) is 32.2 Å². The van der Waals surface area contributed by atoms with Crippen LogP contribution in [0.2, 0.25) is 0 Å². The normalized spacial score (nSPS) is 18.8. The molecule has 5 nitrogen and oxygen atoms in total. The lowest BCUT2D eigenvalue weighted by Crippen LogP contribution is -2.47. The maximum absolute atomic E-state index is 13.2. The molecule has 0 bridgehead atoms. The summed E-state index contributed by atoms with van der Waals surface area (Å²) < 4.78 is 59.0. The van der Waals surface area contributed by atoms with Crippen LogP contribution in [0.3, 0.4) is 0 Å². The number of morpholine rings is 1. The van der Waals surface area contributed by atoms with E-state index in [9.17, 15) is 17.2 Å². The highest BCUT2D eigenvalue weighted by atomic mass is 32.2. The standard InChI is InChI=1S/C18H20F2N2O3S/c19-15-8-16(20)10-18(9-15)26(23,24)21-11-17-13-22(6-7-25-17)12-14-4-2-1-3-5-14/h1-5,8-10,17,21H,6-7,11-13H2. The molecule has 1 N–H and O–H groups in total. The van der Waals surface area contributed by atoms with Crippen molar-refractivity contribution in [1.82, 2.24) is 9.62 Å². The molecular formula is C18H20F2N2O3S. The average molecular weight is 382 g/mol. The van der Waals surface area contributed by atoms with Gasteiger partial charge in [-0.15, -0.1) is 0 Å². The predicted molar refractivity (Wildman–Crippen MR) is 93.0 cm³/mol. The second-order valence-corrected chi connectivity index (χ2v) is 7.94. The zero-order valence-corrected chi connectivity index (χ0v) is 14.9. The molecule has 2 aromatic carbocycles. The number of hydrogen-bond donors (Lipinski definition) is 1. The lowest BCUT2D eigenvalue weighted by Gasteiger charge is -2.33. The van der Waals surface area contributed by atoms with Crippen molar-refractivity contribution in [3.05, 3.63) is 65.7 Å². The molecule has 1 fully saturated rings. The minimum absolute atomic E-state index is 0.0335. The van der Waals surface area contributed by atoms with Gasteiger partial charge in [0.1, 0.15) is 11.6 Å². The summed E-state index contributed by atoms with van der Waals surface area (Å²) in [6.07, 6.45) is -0.333. The number of nitrogens with zero attached hydrogens (tertiary/aromatic N) is 1. The second-order valence-electron chi connectivity index (χ2n) is 6.17. The van der Waals surface area contributed by atoms with Crippen LogP contribution < -0.4 is 4.72 Å².